The van der Waals surface area contributed by atoms with Gasteiger partial charge in [-0.25, -0.2) is 0 Å². The highest BCUT2D eigenvalue weighted by Crippen LogP contribution is 2.52. The summed E-state index contributed by atoms with van der Waals surface area (Å²) in [6.07, 6.45) is 2.01. The molecule has 5 nitrogen and oxygen atoms in total. The average Bonchev–Trinajstić information content (AvgIpc) is 2.76. The first-order chi connectivity index (χ1) is 15.3. The first-order valence-electron chi connectivity index (χ1n) is 11.2. The molecule has 4 atom stereocenters. The van der Waals surface area contributed by atoms with Gasteiger partial charge in [0.2, 0.25) is 5.91 Å². The summed E-state index contributed by atoms with van der Waals surface area (Å²) in [5.74, 6) is -1.09. The number of ether oxygens (including phenoxy) is 1. The number of aliphatic carboxylic acids is 1. The minimum absolute atomic E-state index is 0.0416. The van der Waals surface area contributed by atoms with Crippen LogP contribution in [0.2, 0.25) is 5.02 Å². The van der Waals surface area contributed by atoms with Gasteiger partial charge in [-0.1, -0.05) is 60.5 Å². The number of piperidine rings is 1. The summed E-state index contributed by atoms with van der Waals surface area (Å²) in [7, 11) is 0. The third-order valence-corrected chi connectivity index (χ3v) is 7.11. The summed E-state index contributed by atoms with van der Waals surface area (Å²) in [4.78, 5) is 27.7. The zero-order valence-corrected chi connectivity index (χ0v) is 19.3. The fourth-order valence-corrected chi connectivity index (χ4v) is 5.51. The van der Waals surface area contributed by atoms with Crippen LogP contribution < -0.4 is 0 Å². The molecule has 0 saturated carbocycles. The van der Waals surface area contributed by atoms with Crippen molar-refractivity contribution in [1.82, 2.24) is 4.90 Å². The van der Waals surface area contributed by atoms with Crippen LogP contribution in [0.1, 0.15) is 61.3 Å². The summed E-state index contributed by atoms with van der Waals surface area (Å²) in [6.45, 7) is 5.02. The lowest BCUT2D eigenvalue weighted by molar-refractivity contribution is -0.163. The third kappa shape index (κ3) is 4.55. The minimum Gasteiger partial charge on any atom is -0.481 e. The number of hydrogen-bond acceptors (Lipinski definition) is 3. The molecule has 6 heteroatoms. The van der Waals surface area contributed by atoms with Gasteiger partial charge < -0.3 is 14.7 Å². The van der Waals surface area contributed by atoms with Crippen molar-refractivity contribution < 1.29 is 19.4 Å². The number of benzene rings is 2. The van der Waals surface area contributed by atoms with Crippen LogP contribution in [0.4, 0.5) is 0 Å². The van der Waals surface area contributed by atoms with E-state index in [2.05, 4.69) is 25.1 Å². The molecule has 0 aliphatic carbocycles. The summed E-state index contributed by atoms with van der Waals surface area (Å²) >= 11 is 6.18. The molecule has 2 aromatic carbocycles. The Hall–Kier alpha value is -2.37. The standard InChI is InChI=1S/C26H30ClNO4/c1-17-5-3-6-19(13-17)22-14-26(2,15-23(29)30)25(31)28(21-7-4-12-32-16-21)24(22)18-8-10-20(27)11-9-18/h3,5-6,8-11,13,21-22,24H,4,7,12,14-16H2,1-2H3,(H,29,30)/t21-,22+,24+,26+/m0/s1. The highest BCUT2D eigenvalue weighted by Gasteiger charge is 2.52. The Labute approximate surface area is 194 Å². The van der Waals surface area contributed by atoms with E-state index in [1.165, 1.54) is 0 Å². The van der Waals surface area contributed by atoms with Crippen LogP contribution in [0.5, 0.6) is 0 Å². The molecule has 1 amide bonds. The molecule has 2 aliphatic heterocycles. The van der Waals surface area contributed by atoms with Crippen LogP contribution in [0.3, 0.4) is 0 Å². The zero-order chi connectivity index (χ0) is 22.9. The Morgan fingerprint density at radius 3 is 2.59 bits per heavy atom. The van der Waals surface area contributed by atoms with Crippen LogP contribution in [0, 0.1) is 12.3 Å². The van der Waals surface area contributed by atoms with E-state index in [1.54, 1.807) is 6.92 Å². The van der Waals surface area contributed by atoms with Crippen molar-refractivity contribution in [2.45, 2.75) is 57.5 Å². The van der Waals surface area contributed by atoms with Gasteiger partial charge in [0, 0.05) is 17.5 Å². The Morgan fingerprint density at radius 2 is 1.97 bits per heavy atom. The Bertz CT molecular complexity index is 986. The maximum Gasteiger partial charge on any atom is 0.304 e. The average molecular weight is 456 g/mol. The van der Waals surface area contributed by atoms with E-state index in [-0.39, 0.29) is 30.3 Å². The number of nitrogens with zero attached hydrogens (tertiary/aromatic N) is 1. The van der Waals surface area contributed by atoms with Gasteiger partial charge in [-0.05, 0) is 49.4 Å². The van der Waals surface area contributed by atoms with E-state index in [1.807, 2.05) is 35.2 Å². The zero-order valence-electron chi connectivity index (χ0n) is 18.6. The number of halogens is 1. The predicted molar refractivity (Wildman–Crippen MR) is 124 cm³/mol. The number of carbonyl (C=O) groups is 2. The molecular weight excluding hydrogens is 426 g/mol. The van der Waals surface area contributed by atoms with Crippen molar-refractivity contribution in [1.29, 1.82) is 0 Å². The topological polar surface area (TPSA) is 66.8 Å². The number of carboxylic acid groups (broad SMARTS) is 1. The molecule has 2 heterocycles. The molecule has 0 aromatic heterocycles. The lowest BCUT2D eigenvalue weighted by Crippen LogP contribution is -2.57. The molecule has 0 bridgehead atoms. The molecule has 4 rings (SSSR count). The molecule has 0 radical (unpaired) electrons. The smallest absolute Gasteiger partial charge is 0.304 e. The van der Waals surface area contributed by atoms with E-state index in [9.17, 15) is 14.7 Å². The molecule has 0 spiro atoms. The normalized spacial score (nSPS) is 28.5. The maximum atomic E-state index is 14.0. The first-order valence-corrected chi connectivity index (χ1v) is 11.6. The molecule has 2 aromatic rings. The molecule has 2 aliphatic rings. The Morgan fingerprint density at radius 1 is 1.22 bits per heavy atom. The quantitative estimate of drug-likeness (QED) is 0.658. The van der Waals surface area contributed by atoms with Crippen molar-refractivity contribution in [3.05, 3.63) is 70.2 Å². The highest BCUT2D eigenvalue weighted by molar-refractivity contribution is 6.30. The van der Waals surface area contributed by atoms with Gasteiger partial charge in [0.1, 0.15) is 0 Å². The fraction of sp³-hybridized carbons (Fsp3) is 0.462. The number of rotatable bonds is 5. The van der Waals surface area contributed by atoms with Crippen molar-refractivity contribution in [2.24, 2.45) is 5.41 Å². The molecule has 2 fully saturated rings. The van der Waals surface area contributed by atoms with Gasteiger partial charge in [0.05, 0.1) is 30.5 Å². The summed E-state index contributed by atoms with van der Waals surface area (Å²) < 4.78 is 5.76. The van der Waals surface area contributed by atoms with Gasteiger partial charge >= 0.3 is 5.97 Å². The Kier molecular flexibility index (Phi) is 6.59. The van der Waals surface area contributed by atoms with Gasteiger partial charge in [-0.2, -0.15) is 0 Å². The van der Waals surface area contributed by atoms with Crippen LogP contribution in [0.15, 0.2) is 48.5 Å². The second kappa shape index (κ2) is 9.24. The van der Waals surface area contributed by atoms with Crippen LogP contribution in [0.25, 0.3) is 0 Å². The molecule has 0 unspecified atom stereocenters. The number of carboxylic acids is 1. The van der Waals surface area contributed by atoms with Gasteiger partial charge in [0.15, 0.2) is 0 Å². The number of hydrogen-bond donors (Lipinski definition) is 1. The number of likely N-dealkylation sites (tertiary alicyclic amines) is 1. The predicted octanol–water partition coefficient (Wildman–Crippen LogP) is 5.37. The van der Waals surface area contributed by atoms with Gasteiger partial charge in [0.25, 0.3) is 0 Å². The number of aryl methyl sites for hydroxylation is 1. The van der Waals surface area contributed by atoms with E-state index in [4.69, 9.17) is 16.3 Å². The van der Waals surface area contributed by atoms with Crippen molar-refractivity contribution >= 4 is 23.5 Å². The first kappa shape index (κ1) is 22.8. The highest BCUT2D eigenvalue weighted by atomic mass is 35.5. The molecule has 170 valence electrons. The monoisotopic (exact) mass is 455 g/mol. The second-order valence-corrected chi connectivity index (χ2v) is 9.87. The number of amides is 1. The molecular formula is C26H30ClNO4. The SMILES string of the molecule is Cc1cccc([C@H]2C[C@](C)(CC(=O)O)C(=O)N([C@H]3CCCOC3)[C@@H]2c2ccc(Cl)cc2)c1. The van der Waals surface area contributed by atoms with Crippen molar-refractivity contribution in [3.8, 4) is 0 Å². The van der Waals surface area contributed by atoms with Gasteiger partial charge in [-0.15, -0.1) is 0 Å². The van der Waals surface area contributed by atoms with E-state index in [0.717, 1.165) is 29.5 Å². The maximum absolute atomic E-state index is 14.0. The Balaban J connectivity index is 1.87. The third-order valence-electron chi connectivity index (χ3n) is 6.85. The number of carbonyl (C=O) groups excluding carboxylic acids is 1. The van der Waals surface area contributed by atoms with E-state index < -0.39 is 11.4 Å². The van der Waals surface area contributed by atoms with Crippen LogP contribution in [-0.2, 0) is 14.3 Å². The summed E-state index contributed by atoms with van der Waals surface area (Å²) in [5, 5.41) is 10.3. The van der Waals surface area contributed by atoms with Crippen molar-refractivity contribution in [3.63, 3.8) is 0 Å². The van der Waals surface area contributed by atoms with Crippen molar-refractivity contribution in [2.75, 3.05) is 13.2 Å². The second-order valence-electron chi connectivity index (χ2n) is 9.44. The minimum atomic E-state index is -0.985. The van der Waals surface area contributed by atoms with E-state index in [0.29, 0.717) is 24.7 Å². The molecule has 32 heavy (non-hydrogen) atoms. The fourth-order valence-electron chi connectivity index (χ4n) is 5.39. The molecule has 1 N–H and O–H groups in total. The van der Waals surface area contributed by atoms with Crippen LogP contribution in [-0.4, -0.2) is 41.1 Å². The van der Waals surface area contributed by atoms with Crippen LogP contribution >= 0.6 is 11.6 Å². The molecule has 2 saturated heterocycles. The summed E-state index contributed by atoms with van der Waals surface area (Å²) in [6, 6.07) is 15.7. The van der Waals surface area contributed by atoms with Gasteiger partial charge in [-0.3, -0.25) is 9.59 Å². The largest absolute Gasteiger partial charge is 0.481 e. The lowest BCUT2D eigenvalue weighted by Gasteiger charge is -2.52. The lowest BCUT2D eigenvalue weighted by atomic mass is 9.67. The van der Waals surface area contributed by atoms with E-state index >= 15 is 0 Å². The summed E-state index contributed by atoms with van der Waals surface area (Å²) in [5.41, 5.74) is 2.29.